The molecule has 22 heteroatoms. The van der Waals surface area contributed by atoms with Crippen molar-refractivity contribution in [3.05, 3.63) is 0 Å². The number of nitrogens with one attached hydrogen (secondary N) is 7. The lowest BCUT2D eigenvalue weighted by Crippen LogP contribution is -2.64. The highest BCUT2D eigenvalue weighted by Gasteiger charge is 2.37. The molecule has 56 heavy (non-hydrogen) atoms. The maximum absolute atomic E-state index is 13.5. The van der Waals surface area contributed by atoms with Crippen molar-refractivity contribution in [2.45, 2.75) is 148 Å². The fourth-order valence-electron chi connectivity index (χ4n) is 5.20. The van der Waals surface area contributed by atoms with E-state index in [1.54, 1.807) is 27.7 Å². The normalized spacial score (nSPS) is 17.2. The summed E-state index contributed by atoms with van der Waals surface area (Å²) in [7, 11) is 0. The first-order valence-electron chi connectivity index (χ1n) is 18.1. The van der Waals surface area contributed by atoms with Crippen molar-refractivity contribution in [2.75, 3.05) is 0 Å². The number of carbonyl (C=O) groups is 9. The van der Waals surface area contributed by atoms with Gasteiger partial charge in [-0.15, -0.1) is 0 Å². The summed E-state index contributed by atoms with van der Waals surface area (Å²) in [5, 5.41) is 57.4. The fraction of sp³-hybridized carbons (Fsp3) is 0.735. The second-order valence-electron chi connectivity index (χ2n) is 14.6. The number of carbonyl (C=O) groups excluding carboxylic acids is 9. The number of hydrogen-bond donors (Lipinski definition) is 13. The van der Waals surface area contributed by atoms with E-state index in [-0.39, 0.29) is 24.7 Å². The Morgan fingerprint density at radius 3 is 0.946 bits per heavy atom. The lowest BCUT2D eigenvalue weighted by atomic mass is 10.0. The minimum absolute atomic E-state index is 0.0208. The van der Waals surface area contributed by atoms with Crippen LogP contribution in [0.2, 0.25) is 0 Å². The first-order valence-corrected chi connectivity index (χ1v) is 18.1. The van der Waals surface area contributed by atoms with Gasteiger partial charge in [-0.1, -0.05) is 27.7 Å². The Balaban J connectivity index is 6.23. The summed E-state index contributed by atoms with van der Waals surface area (Å²) in [6, 6.07) is -11.0. The van der Waals surface area contributed by atoms with Crippen LogP contribution in [0.3, 0.4) is 0 Å². The van der Waals surface area contributed by atoms with Gasteiger partial charge >= 0.3 is 0 Å². The summed E-state index contributed by atoms with van der Waals surface area (Å²) in [5.74, 6) is -9.41. The van der Waals surface area contributed by atoms with Crippen LogP contribution in [-0.2, 0) is 43.2 Å². The number of aliphatic hydroxyl groups is 4. The number of amides is 9. The van der Waals surface area contributed by atoms with Gasteiger partial charge in [0.25, 0.3) is 0 Å². The van der Waals surface area contributed by atoms with Crippen LogP contribution in [-0.4, -0.2) is 140 Å². The van der Waals surface area contributed by atoms with Crippen LogP contribution in [0.5, 0.6) is 0 Å². The van der Waals surface area contributed by atoms with E-state index < -0.39 is 126 Å². The van der Waals surface area contributed by atoms with Gasteiger partial charge in [0.2, 0.25) is 53.2 Å². The largest absolute Gasteiger partial charge is 0.391 e. The summed E-state index contributed by atoms with van der Waals surface area (Å²) >= 11 is 0. The van der Waals surface area contributed by atoms with Crippen LogP contribution in [0.15, 0.2) is 0 Å². The van der Waals surface area contributed by atoms with E-state index in [1.165, 1.54) is 6.92 Å². The summed E-state index contributed by atoms with van der Waals surface area (Å²) in [6.45, 7) is 12.6. The van der Waals surface area contributed by atoms with E-state index in [4.69, 9.17) is 11.5 Å². The monoisotopic (exact) mass is 803 g/mol. The highest BCUT2D eigenvalue weighted by atomic mass is 16.3. The zero-order valence-corrected chi connectivity index (χ0v) is 33.2. The maximum atomic E-state index is 13.5. The number of aliphatic hydroxyl groups excluding tert-OH is 4. The molecule has 0 rings (SSSR count). The first-order chi connectivity index (χ1) is 25.7. The van der Waals surface area contributed by atoms with Crippen molar-refractivity contribution in [3.63, 3.8) is 0 Å². The summed E-state index contributed by atoms with van der Waals surface area (Å²) in [4.78, 5) is 114. The highest BCUT2D eigenvalue weighted by molar-refractivity contribution is 5.98. The van der Waals surface area contributed by atoms with Crippen LogP contribution in [0.4, 0.5) is 0 Å². The molecule has 11 atom stereocenters. The van der Waals surface area contributed by atoms with E-state index in [0.717, 1.165) is 27.7 Å². The molecule has 0 unspecified atom stereocenters. The predicted molar refractivity (Wildman–Crippen MR) is 198 cm³/mol. The number of nitrogens with two attached hydrogens (primary N) is 2. The van der Waals surface area contributed by atoms with E-state index >= 15 is 0 Å². The molecule has 0 heterocycles. The Bertz CT molecular complexity index is 1410. The van der Waals surface area contributed by atoms with Crippen molar-refractivity contribution < 1.29 is 63.6 Å². The van der Waals surface area contributed by atoms with Crippen molar-refractivity contribution in [2.24, 2.45) is 23.3 Å². The zero-order chi connectivity index (χ0) is 43.8. The summed E-state index contributed by atoms with van der Waals surface area (Å²) < 4.78 is 0. The van der Waals surface area contributed by atoms with Crippen LogP contribution in [0.1, 0.15) is 81.6 Å². The second kappa shape index (κ2) is 23.9. The standard InChI is InChI=1S/C34H61N9O13/c1-13(2)10-21(39-31(53)24(15(5)44)37-19(9)48)30(52)42-27(18(8)47)34(56)43-26(17(7)46)33(55)40-22(11-14(3)4)29(51)41-25(16(6)45)32(54)38-20(28(36)50)12-23(35)49/h13-18,20-22,24-27,44-47H,10-12H2,1-9H3,(H2,35,49)(H2,36,50)(H,37,48)(H,38,54)(H,39,53)(H,40,55)(H,41,51)(H,42,52)(H,43,56)/t15-,16-,17-,18-,20+,21+,22+,24+,25+,26+,27+/m1/s1. The Morgan fingerprint density at radius 2 is 0.696 bits per heavy atom. The van der Waals surface area contributed by atoms with Gasteiger partial charge in [-0.05, 0) is 52.4 Å². The Morgan fingerprint density at radius 1 is 0.429 bits per heavy atom. The molecule has 0 spiro atoms. The van der Waals surface area contributed by atoms with Gasteiger partial charge in [0.05, 0.1) is 30.8 Å². The van der Waals surface area contributed by atoms with Gasteiger partial charge in [-0.25, -0.2) is 0 Å². The average Bonchev–Trinajstić information content (AvgIpc) is 3.04. The van der Waals surface area contributed by atoms with Crippen molar-refractivity contribution in [1.82, 2.24) is 37.2 Å². The lowest BCUT2D eigenvalue weighted by molar-refractivity contribution is -0.139. The Hall–Kier alpha value is -4.93. The molecule has 0 aliphatic heterocycles. The van der Waals surface area contributed by atoms with Crippen molar-refractivity contribution in [3.8, 4) is 0 Å². The third-order valence-corrected chi connectivity index (χ3v) is 8.06. The number of primary amides is 2. The molecule has 0 aliphatic rings. The van der Waals surface area contributed by atoms with Gasteiger partial charge in [0.15, 0.2) is 0 Å². The topological polar surface area (TPSA) is 371 Å². The van der Waals surface area contributed by atoms with E-state index in [1.807, 2.05) is 0 Å². The molecular formula is C34H61N9O13. The molecular weight excluding hydrogens is 742 g/mol. The first kappa shape index (κ1) is 51.1. The van der Waals surface area contributed by atoms with Crippen LogP contribution in [0, 0.1) is 11.8 Å². The third kappa shape index (κ3) is 18.1. The zero-order valence-electron chi connectivity index (χ0n) is 33.2. The lowest BCUT2D eigenvalue weighted by Gasteiger charge is -2.30. The van der Waals surface area contributed by atoms with Crippen molar-refractivity contribution >= 4 is 53.2 Å². The smallest absolute Gasteiger partial charge is 0.245 e. The minimum atomic E-state index is -1.79. The van der Waals surface area contributed by atoms with Crippen molar-refractivity contribution in [1.29, 1.82) is 0 Å². The van der Waals surface area contributed by atoms with Gasteiger partial charge in [-0.2, -0.15) is 0 Å². The molecule has 0 aromatic rings. The third-order valence-electron chi connectivity index (χ3n) is 8.06. The number of rotatable bonds is 24. The molecule has 0 aliphatic carbocycles. The molecule has 15 N–H and O–H groups in total. The van der Waals surface area contributed by atoms with E-state index in [9.17, 15) is 63.6 Å². The summed E-state index contributed by atoms with van der Waals surface area (Å²) in [5.41, 5.74) is 10.3. The SMILES string of the molecule is CC(=O)N[C@H](C(=O)N[C@@H](CC(C)C)C(=O)N[C@H](C(=O)N[C@H](C(=O)N[C@@H](CC(C)C)C(=O)N[C@H](C(=O)N[C@@H](CC(N)=O)C(N)=O)[C@@H](C)O)[C@@H](C)O)[C@@H](C)O)[C@@H](C)O. The van der Waals surface area contributed by atoms with Gasteiger partial charge < -0.3 is 69.1 Å². The minimum Gasteiger partial charge on any atom is -0.391 e. The molecule has 0 radical (unpaired) electrons. The van der Waals surface area contributed by atoms with Gasteiger partial charge in [-0.3, -0.25) is 43.2 Å². The second-order valence-corrected chi connectivity index (χ2v) is 14.6. The number of hydrogen-bond acceptors (Lipinski definition) is 13. The summed E-state index contributed by atoms with van der Waals surface area (Å²) in [6.07, 6.45) is -6.85. The van der Waals surface area contributed by atoms with Gasteiger partial charge in [0.1, 0.15) is 42.3 Å². The molecule has 0 aromatic carbocycles. The maximum Gasteiger partial charge on any atom is 0.245 e. The molecule has 0 aromatic heterocycles. The molecule has 0 saturated heterocycles. The predicted octanol–water partition coefficient (Wildman–Crippen LogP) is -5.62. The molecule has 0 saturated carbocycles. The average molecular weight is 804 g/mol. The molecule has 9 amide bonds. The fourth-order valence-corrected chi connectivity index (χ4v) is 5.20. The Kier molecular flexibility index (Phi) is 21.8. The van der Waals surface area contributed by atoms with E-state index in [2.05, 4.69) is 37.2 Å². The van der Waals surface area contributed by atoms with Crippen LogP contribution >= 0.6 is 0 Å². The Labute approximate surface area is 325 Å². The van der Waals surface area contributed by atoms with Crippen LogP contribution in [0.25, 0.3) is 0 Å². The van der Waals surface area contributed by atoms with E-state index in [0.29, 0.717) is 0 Å². The molecule has 0 bridgehead atoms. The van der Waals surface area contributed by atoms with Gasteiger partial charge in [0, 0.05) is 6.92 Å². The molecule has 22 nitrogen and oxygen atoms in total. The highest BCUT2D eigenvalue weighted by Crippen LogP contribution is 2.10. The van der Waals surface area contributed by atoms with Crippen LogP contribution < -0.4 is 48.7 Å². The molecule has 0 fully saturated rings. The molecule has 320 valence electrons. The quantitative estimate of drug-likeness (QED) is 0.0433.